The Morgan fingerprint density at radius 2 is 1.30 bits per heavy atom. The summed E-state index contributed by atoms with van der Waals surface area (Å²) in [4.78, 5) is 6.13. The van der Waals surface area contributed by atoms with E-state index in [0.29, 0.717) is 16.8 Å². The van der Waals surface area contributed by atoms with Crippen molar-refractivity contribution < 1.29 is 20.0 Å². The number of anilines is 8. The number of aryl methyl sites for hydroxylation is 2. The van der Waals surface area contributed by atoms with Gasteiger partial charge < -0.3 is 14.7 Å². The third-order valence-electron chi connectivity index (χ3n) is 16.5. The predicted octanol–water partition coefficient (Wildman–Crippen LogP) is 14.8. The lowest BCUT2D eigenvalue weighted by Gasteiger charge is -2.52. The number of hydrogen-bond acceptors (Lipinski definition) is 4. The van der Waals surface area contributed by atoms with Crippen LogP contribution in [0.5, 0.6) is 0 Å². The number of fused-ring (bicyclic) bond motifs is 10. The molecule has 1 aromatic heterocycles. The van der Waals surface area contributed by atoms with Gasteiger partial charge in [-0.1, -0.05) is 91.7 Å². The fourth-order valence-electron chi connectivity index (χ4n) is 12.9. The molecule has 2 atom stereocenters. The van der Waals surface area contributed by atoms with Crippen molar-refractivity contribution in [2.75, 3.05) is 14.7 Å². The summed E-state index contributed by atoms with van der Waals surface area (Å²) in [6, 6.07) is 19.8. The van der Waals surface area contributed by atoms with E-state index in [9.17, 15) is 2.74 Å². The van der Waals surface area contributed by atoms with E-state index < -0.39 is 42.3 Å². The average molecular weight is 901 g/mol. The molecule has 3 nitrogen and oxygen atoms in total. The van der Waals surface area contributed by atoms with Crippen molar-refractivity contribution in [3.63, 3.8) is 0 Å². The molecule has 8 heteroatoms. The van der Waals surface area contributed by atoms with Gasteiger partial charge in [0.15, 0.2) is 0 Å². The van der Waals surface area contributed by atoms with E-state index in [-0.39, 0.29) is 57.1 Å². The number of nitrogens with zero attached hydrogens (tertiary/aromatic N) is 3. The summed E-state index contributed by atoms with van der Waals surface area (Å²) in [5.74, 6) is -1.82. The molecular weight excluding hydrogens is 839 g/mol. The molecule has 0 N–H and O–H groups in total. The maximum atomic E-state index is 16.7. The second-order valence-corrected chi connectivity index (χ2v) is 23.6. The molecule has 1 saturated carbocycles. The Balaban J connectivity index is 1.25. The van der Waals surface area contributed by atoms with Crippen LogP contribution in [0.4, 0.5) is 58.7 Å². The molecule has 0 amide bonds. The molecule has 4 heterocycles. The molecule has 5 aliphatic rings. The van der Waals surface area contributed by atoms with Crippen LogP contribution in [0.2, 0.25) is 0 Å². The van der Waals surface area contributed by atoms with Gasteiger partial charge in [0.1, 0.15) is 23.1 Å². The molecule has 7 aromatic rings. The molecule has 3 aliphatic heterocycles. The normalized spacial score (nSPS) is 22.3. The molecule has 0 saturated heterocycles. The zero-order chi connectivity index (χ0) is 50.5. The monoisotopic (exact) mass is 900 g/mol. The van der Waals surface area contributed by atoms with Crippen LogP contribution < -0.4 is 30.4 Å². The molecule has 1 fully saturated rings. The van der Waals surface area contributed by atoms with Crippen LogP contribution in [0.15, 0.2) is 103 Å². The molecular formula is C58H57BF3N3S. The zero-order valence-electron chi connectivity index (χ0n) is 44.4. The molecule has 0 spiro atoms. The van der Waals surface area contributed by atoms with Gasteiger partial charge in [-0.25, -0.2) is 13.2 Å². The smallest absolute Gasteiger partial charge is 0.264 e. The Morgan fingerprint density at radius 1 is 0.652 bits per heavy atom. The molecule has 0 bridgehead atoms. The molecule has 0 radical (unpaired) electrons. The van der Waals surface area contributed by atoms with Gasteiger partial charge >= 0.3 is 0 Å². The van der Waals surface area contributed by atoms with Crippen LogP contribution in [-0.2, 0) is 10.8 Å². The van der Waals surface area contributed by atoms with Crippen molar-refractivity contribution >= 4 is 89.3 Å². The molecule has 66 heavy (non-hydrogen) atoms. The highest BCUT2D eigenvalue weighted by atomic mass is 32.1. The first-order chi connectivity index (χ1) is 33.3. The van der Waals surface area contributed by atoms with E-state index in [4.69, 9.17) is 4.11 Å². The van der Waals surface area contributed by atoms with Gasteiger partial charge in [0.2, 0.25) is 0 Å². The van der Waals surface area contributed by atoms with Crippen LogP contribution in [0, 0.1) is 42.1 Å². The van der Waals surface area contributed by atoms with Gasteiger partial charge in [-0.3, -0.25) is 0 Å². The number of benzene rings is 6. The summed E-state index contributed by atoms with van der Waals surface area (Å²) in [6.45, 7) is 22.0. The van der Waals surface area contributed by atoms with Crippen LogP contribution in [-0.4, -0.2) is 12.8 Å². The number of thiophene rings is 1. The molecule has 12 rings (SSSR count). The van der Waals surface area contributed by atoms with E-state index in [2.05, 4.69) is 97.5 Å². The molecule has 334 valence electrons. The quantitative estimate of drug-likeness (QED) is 0.164. The maximum Gasteiger partial charge on any atom is 0.264 e. The van der Waals surface area contributed by atoms with Crippen molar-refractivity contribution in [3.05, 3.63) is 148 Å². The fraction of sp³-hybridized carbons (Fsp3) is 0.345. The lowest BCUT2D eigenvalue weighted by molar-refractivity contribution is 0.0813. The van der Waals surface area contributed by atoms with Gasteiger partial charge in [0.25, 0.3) is 6.71 Å². The van der Waals surface area contributed by atoms with Crippen molar-refractivity contribution in [1.82, 2.24) is 0 Å². The first-order valence-corrected chi connectivity index (χ1v) is 24.3. The van der Waals surface area contributed by atoms with E-state index in [1.807, 2.05) is 22.8 Å². The SMILES string of the molecule is [2H]c1c([2H])c([2H])c(N2c3cc(C)cc4c3B(c3cc5c(cc3N4c3cc4c(cc3C)C(C)(C)CCC4(C)C)N(c3c(F)cccc3F)C3C5C(C)(C)CCC3(C)C)c3sc4ccc(F)cc4c32)c([2H])c1[2H]. The first-order valence-electron chi connectivity index (χ1n) is 25.9. The maximum absolute atomic E-state index is 16.7. The minimum Gasteiger partial charge on any atom is -0.332 e. The van der Waals surface area contributed by atoms with Crippen LogP contribution in [0.1, 0.15) is 122 Å². The Bertz CT molecular complexity index is 3480. The number of hydrogen-bond donors (Lipinski definition) is 0. The highest BCUT2D eigenvalue weighted by Crippen LogP contribution is 2.64. The van der Waals surface area contributed by atoms with Gasteiger partial charge in [-0.15, -0.1) is 11.3 Å². The summed E-state index contributed by atoms with van der Waals surface area (Å²) < 4.78 is 96.0. The average Bonchev–Trinajstić information content (AvgIpc) is 3.85. The van der Waals surface area contributed by atoms with Crippen LogP contribution in [0.3, 0.4) is 0 Å². The third-order valence-corrected chi connectivity index (χ3v) is 17.7. The summed E-state index contributed by atoms with van der Waals surface area (Å²) >= 11 is 1.52. The van der Waals surface area contributed by atoms with E-state index in [0.717, 1.165) is 85.5 Å². The second kappa shape index (κ2) is 13.8. The van der Waals surface area contributed by atoms with E-state index >= 15 is 13.2 Å². The summed E-state index contributed by atoms with van der Waals surface area (Å²) in [5, 5.41) is 0.572. The van der Waals surface area contributed by atoms with E-state index in [1.165, 1.54) is 52.8 Å². The lowest BCUT2D eigenvalue weighted by Crippen LogP contribution is -2.60. The zero-order valence-corrected chi connectivity index (χ0v) is 40.2. The standard InChI is InChI=1S/C58H57BF3N3S/c1-32-25-46-50-47(26-32)64(43-30-39-38(27-33(43)2)55(3,4)21-22-56(39,5)6)45-31-44-36(49-53(58(9,10)24-23-57(49,7)8)65(44)52-41(61)17-14-18-42(52)62)29-40(45)59(50)54-51(63(46)35-15-12-11-13-16-35)37-28-34(60)19-20-48(37)66-54/h11-20,25-31,49,53H,21-24H2,1-10H3/i11D,12D,13D,15D,16D. The fourth-order valence-corrected chi connectivity index (χ4v) is 14.2. The second-order valence-electron chi connectivity index (χ2n) is 22.5. The minimum atomic E-state index is -0.617. The van der Waals surface area contributed by atoms with Gasteiger partial charge in [-0.2, -0.15) is 0 Å². The van der Waals surface area contributed by atoms with Crippen molar-refractivity contribution in [1.29, 1.82) is 0 Å². The summed E-state index contributed by atoms with van der Waals surface area (Å²) in [5.41, 5.74) is 11.1. The molecule has 6 aromatic carbocycles. The highest BCUT2D eigenvalue weighted by molar-refractivity contribution is 7.33. The van der Waals surface area contributed by atoms with E-state index in [1.54, 1.807) is 6.07 Å². The highest BCUT2D eigenvalue weighted by Gasteiger charge is 2.58. The summed E-state index contributed by atoms with van der Waals surface area (Å²) in [7, 11) is 0. The molecule has 2 aliphatic carbocycles. The van der Waals surface area contributed by atoms with Crippen LogP contribution in [0.25, 0.3) is 10.1 Å². The lowest BCUT2D eigenvalue weighted by atomic mass is 9.36. The van der Waals surface area contributed by atoms with Crippen LogP contribution >= 0.6 is 11.3 Å². The predicted molar refractivity (Wildman–Crippen MR) is 272 cm³/mol. The van der Waals surface area contributed by atoms with Gasteiger partial charge in [-0.05, 0) is 167 Å². The Kier molecular flexibility index (Phi) is 7.66. The Morgan fingerprint density at radius 3 is 2.00 bits per heavy atom. The Labute approximate surface area is 399 Å². The topological polar surface area (TPSA) is 9.72 Å². The largest absolute Gasteiger partial charge is 0.332 e. The van der Waals surface area contributed by atoms with Crippen molar-refractivity contribution in [2.45, 2.75) is 118 Å². The number of rotatable bonds is 3. The summed E-state index contributed by atoms with van der Waals surface area (Å²) in [6.07, 6.45) is 3.82. The molecule has 2 unspecified atom stereocenters. The minimum absolute atomic E-state index is 0.00992. The number of para-hydroxylation sites is 2. The Hall–Kier alpha value is -5.47. The number of halogens is 3. The first kappa shape index (κ1) is 36.6. The third kappa shape index (κ3) is 5.75. The van der Waals surface area contributed by atoms with Crippen molar-refractivity contribution in [2.24, 2.45) is 10.8 Å². The van der Waals surface area contributed by atoms with Gasteiger partial charge in [0.05, 0.1) is 12.5 Å². The van der Waals surface area contributed by atoms with Gasteiger partial charge in [0, 0.05) is 60.9 Å². The van der Waals surface area contributed by atoms with Crippen molar-refractivity contribution in [3.8, 4) is 0 Å².